The van der Waals surface area contributed by atoms with E-state index in [1.807, 2.05) is 0 Å². The molecule has 0 fully saturated rings. The zero-order valence-corrected chi connectivity index (χ0v) is 38.6. The summed E-state index contributed by atoms with van der Waals surface area (Å²) in [5.74, 6) is 3.65. The van der Waals surface area contributed by atoms with Gasteiger partial charge in [0.2, 0.25) is 0 Å². The second-order valence-electron chi connectivity index (χ2n) is 23.0. The number of hydrogen-bond acceptors (Lipinski definition) is 2. The molecule has 0 amide bonds. The summed E-state index contributed by atoms with van der Waals surface area (Å²) in [6.07, 6.45) is 0. The Bertz CT molecular complexity index is 3590. The largest absolute Gasteiger partial charge is 0.458 e. The van der Waals surface area contributed by atoms with Gasteiger partial charge in [-0.1, -0.05) is 126 Å². The predicted molar refractivity (Wildman–Crippen MR) is 268 cm³/mol. The molecular formula is C58H53BN2O2. The van der Waals surface area contributed by atoms with Gasteiger partial charge in [0.25, 0.3) is 6.71 Å². The molecular weight excluding hydrogens is 767 g/mol. The summed E-state index contributed by atoms with van der Waals surface area (Å²) in [5.41, 5.74) is 16.1. The first kappa shape index (κ1) is 37.4. The van der Waals surface area contributed by atoms with E-state index in [1.54, 1.807) is 0 Å². The summed E-state index contributed by atoms with van der Waals surface area (Å²) in [6, 6.07) is 39.9. The highest BCUT2D eigenvalue weighted by Crippen LogP contribution is 2.50. The number of hydrogen-bond donors (Lipinski definition) is 0. The number of ether oxygens (including phenoxy) is 2. The summed E-state index contributed by atoms with van der Waals surface area (Å²) in [6.45, 7) is 27.6. The molecule has 5 heteroatoms. The molecule has 0 bridgehead atoms. The van der Waals surface area contributed by atoms with Gasteiger partial charge in [0.05, 0.1) is 43.9 Å². The van der Waals surface area contributed by atoms with E-state index in [0.29, 0.717) is 0 Å². The molecule has 0 atom stereocenters. The van der Waals surface area contributed by atoms with Crippen LogP contribution in [-0.4, -0.2) is 15.5 Å². The second kappa shape index (κ2) is 11.5. The van der Waals surface area contributed by atoms with Crippen molar-refractivity contribution < 1.29 is 9.47 Å². The van der Waals surface area contributed by atoms with Crippen LogP contribution in [0.1, 0.15) is 105 Å². The fourth-order valence-electron chi connectivity index (χ4n) is 11.4. The quantitative estimate of drug-likeness (QED) is 0.143. The Kier molecular flexibility index (Phi) is 6.81. The van der Waals surface area contributed by atoms with Crippen LogP contribution in [0.5, 0.6) is 23.0 Å². The molecule has 4 nitrogen and oxygen atoms in total. The van der Waals surface area contributed by atoms with E-state index in [2.05, 4.69) is 195 Å². The average molecular weight is 821 g/mol. The highest BCUT2D eigenvalue weighted by Gasteiger charge is 2.44. The van der Waals surface area contributed by atoms with E-state index >= 15 is 0 Å². The predicted octanol–water partition coefficient (Wildman–Crippen LogP) is 13.9. The smallest absolute Gasteiger partial charge is 0.260 e. The molecule has 2 aliphatic rings. The Morgan fingerprint density at radius 3 is 1.06 bits per heavy atom. The molecule has 2 aliphatic heterocycles. The third kappa shape index (κ3) is 4.78. The van der Waals surface area contributed by atoms with Gasteiger partial charge in [-0.25, -0.2) is 0 Å². The summed E-state index contributed by atoms with van der Waals surface area (Å²) in [7, 11) is 0. The van der Waals surface area contributed by atoms with Crippen LogP contribution in [0.4, 0.5) is 0 Å². The van der Waals surface area contributed by atoms with Gasteiger partial charge in [-0.2, -0.15) is 0 Å². The Morgan fingerprint density at radius 1 is 0.381 bits per heavy atom. The monoisotopic (exact) mass is 820 g/mol. The lowest BCUT2D eigenvalue weighted by atomic mass is 9.34. The molecule has 0 spiro atoms. The Balaban J connectivity index is 1.22. The van der Waals surface area contributed by atoms with Crippen molar-refractivity contribution in [3.63, 3.8) is 0 Å². The normalized spacial score (nSPS) is 14.6. The number of nitrogens with zero attached hydrogens (tertiary/aromatic N) is 2. The Labute approximate surface area is 369 Å². The van der Waals surface area contributed by atoms with E-state index in [-0.39, 0.29) is 28.4 Å². The minimum Gasteiger partial charge on any atom is -0.458 e. The van der Waals surface area contributed by atoms with Crippen molar-refractivity contribution in [1.29, 1.82) is 0 Å². The van der Waals surface area contributed by atoms with Gasteiger partial charge in [0, 0.05) is 37.8 Å². The van der Waals surface area contributed by atoms with Gasteiger partial charge in [0.1, 0.15) is 23.0 Å². The number of benzene rings is 7. The first-order valence-corrected chi connectivity index (χ1v) is 22.9. The number of rotatable bonds is 0. The summed E-state index contributed by atoms with van der Waals surface area (Å²) >= 11 is 0. The van der Waals surface area contributed by atoms with Crippen LogP contribution in [0, 0.1) is 0 Å². The second-order valence-corrected chi connectivity index (χ2v) is 23.0. The molecule has 0 saturated heterocycles. The SMILES string of the molecule is CC(C)(C)c1ccc2c(c1)c1cc3c(c4c5cc(C(C)(C)C)ccc5n2c14)Oc1cccc2c1B3c1cc3c4cc(C(C)(C)C)ccc4n4c5ccc(C(C)(C)C)cc5c(c1O2)c34. The van der Waals surface area contributed by atoms with Crippen molar-refractivity contribution in [1.82, 2.24) is 8.80 Å². The maximum Gasteiger partial charge on any atom is 0.260 e. The van der Waals surface area contributed by atoms with Crippen LogP contribution >= 0.6 is 0 Å². The van der Waals surface area contributed by atoms with Crippen LogP contribution in [0.3, 0.4) is 0 Å². The van der Waals surface area contributed by atoms with Crippen LogP contribution < -0.4 is 25.9 Å². The Morgan fingerprint density at radius 2 is 0.714 bits per heavy atom. The lowest BCUT2D eigenvalue weighted by Gasteiger charge is -2.33. The minimum atomic E-state index is -0.122. The third-order valence-electron chi connectivity index (χ3n) is 14.9. The van der Waals surface area contributed by atoms with Crippen LogP contribution in [0.25, 0.3) is 76.2 Å². The van der Waals surface area contributed by atoms with Crippen molar-refractivity contribution in [2.75, 3.05) is 0 Å². The zero-order valence-electron chi connectivity index (χ0n) is 38.6. The molecule has 6 heterocycles. The van der Waals surface area contributed by atoms with Gasteiger partial charge in [-0.15, -0.1) is 0 Å². The van der Waals surface area contributed by atoms with E-state index in [4.69, 9.17) is 9.47 Å². The highest BCUT2D eigenvalue weighted by atomic mass is 16.5. The van der Waals surface area contributed by atoms with Gasteiger partial charge < -0.3 is 18.3 Å². The molecule has 7 aromatic carbocycles. The number of fused-ring (bicyclic) bond motifs is 18. The molecule has 13 rings (SSSR count). The first-order valence-electron chi connectivity index (χ1n) is 22.9. The van der Waals surface area contributed by atoms with Crippen molar-refractivity contribution in [3.8, 4) is 23.0 Å². The maximum absolute atomic E-state index is 7.33. The van der Waals surface area contributed by atoms with Crippen LogP contribution in [0.15, 0.2) is 103 Å². The topological polar surface area (TPSA) is 27.3 Å². The Hall–Kier alpha value is -6.20. The maximum atomic E-state index is 7.33. The minimum absolute atomic E-state index is 0.00309. The average Bonchev–Trinajstić information content (AvgIpc) is 3.94. The fraction of sp³-hybridized carbons (Fsp3) is 0.276. The van der Waals surface area contributed by atoms with E-state index < -0.39 is 0 Å². The van der Waals surface area contributed by atoms with Crippen molar-refractivity contribution in [2.45, 2.75) is 105 Å². The molecule has 0 saturated carbocycles. The van der Waals surface area contributed by atoms with Gasteiger partial charge in [-0.3, -0.25) is 0 Å². The molecule has 0 radical (unpaired) electrons. The van der Waals surface area contributed by atoms with Crippen LogP contribution in [-0.2, 0) is 21.7 Å². The van der Waals surface area contributed by atoms with Gasteiger partial charge >= 0.3 is 0 Å². The summed E-state index contributed by atoms with van der Waals surface area (Å²) < 4.78 is 19.7. The standard InChI is InChI=1S/C58H53BN2O2/c1-55(2,3)30-16-20-42-34(24-30)36-28-40-53(48-38-26-32(57(7,8)9)18-22-44(38)60(42)51(36)48)62-46-14-13-15-47-50(46)59(40)41-29-37-35-25-31(56(4,5)6)17-21-43(35)61-45-23-19-33(58(10,11)12)27-39(45)49(52(37)61)54(41)63-47/h13-29H,1-12H3. The molecule has 0 N–H and O–H groups in total. The lowest BCUT2D eigenvalue weighted by Crippen LogP contribution is -2.57. The first-order chi connectivity index (χ1) is 29.8. The molecule has 0 unspecified atom stereocenters. The van der Waals surface area contributed by atoms with E-state index in [1.165, 1.54) is 109 Å². The summed E-state index contributed by atoms with van der Waals surface area (Å²) in [4.78, 5) is 0. The lowest BCUT2D eigenvalue weighted by molar-refractivity contribution is 0.470. The van der Waals surface area contributed by atoms with E-state index in [0.717, 1.165) is 28.5 Å². The fourth-order valence-corrected chi connectivity index (χ4v) is 11.4. The van der Waals surface area contributed by atoms with Crippen molar-refractivity contribution >= 4 is 99.3 Å². The zero-order chi connectivity index (χ0) is 43.6. The number of aromatic nitrogens is 2. The third-order valence-corrected chi connectivity index (χ3v) is 14.9. The van der Waals surface area contributed by atoms with Crippen molar-refractivity contribution in [3.05, 3.63) is 125 Å². The molecule has 4 aromatic heterocycles. The van der Waals surface area contributed by atoms with Gasteiger partial charge in [0.15, 0.2) is 0 Å². The molecule has 0 aliphatic carbocycles. The molecule has 63 heavy (non-hydrogen) atoms. The summed E-state index contributed by atoms with van der Waals surface area (Å²) in [5, 5.41) is 9.98. The van der Waals surface area contributed by atoms with Crippen LogP contribution in [0.2, 0.25) is 0 Å². The van der Waals surface area contributed by atoms with Crippen molar-refractivity contribution in [2.24, 2.45) is 0 Å². The highest BCUT2D eigenvalue weighted by molar-refractivity contribution is 6.99. The molecule has 11 aromatic rings. The molecule has 310 valence electrons. The van der Waals surface area contributed by atoms with Gasteiger partial charge in [-0.05, 0) is 116 Å². The van der Waals surface area contributed by atoms with E-state index in [9.17, 15) is 0 Å².